The molecule has 0 saturated heterocycles. The van der Waals surface area contributed by atoms with E-state index >= 15 is 0 Å². The lowest BCUT2D eigenvalue weighted by Gasteiger charge is -2.15. The van der Waals surface area contributed by atoms with Crippen LogP contribution in [0.15, 0.2) is 24.3 Å². The van der Waals surface area contributed by atoms with Crippen molar-refractivity contribution in [2.45, 2.75) is 39.0 Å². The number of benzene rings is 1. The number of hydrogen-bond donors (Lipinski definition) is 3. The summed E-state index contributed by atoms with van der Waals surface area (Å²) >= 11 is 0. The predicted molar refractivity (Wildman–Crippen MR) is 83.3 cm³/mol. The van der Waals surface area contributed by atoms with Gasteiger partial charge in [-0.25, -0.2) is 0 Å². The number of anilines is 1. The number of nitrogens with one attached hydrogen (secondary N) is 2. The number of aliphatic hydroxyl groups excluding tert-OH is 1. The maximum Gasteiger partial charge on any atom is 0.393 e. The first-order chi connectivity index (χ1) is 11.1. The molecule has 2 unspecified atom stereocenters. The fourth-order valence-corrected chi connectivity index (χ4v) is 2.20. The molecule has 0 aliphatic rings. The van der Waals surface area contributed by atoms with Crippen molar-refractivity contribution in [1.29, 1.82) is 0 Å². The number of rotatable bonds is 6. The topological polar surface area (TPSA) is 78.4 Å². The molecule has 5 nitrogen and oxygen atoms in total. The van der Waals surface area contributed by atoms with Crippen molar-refractivity contribution < 1.29 is 27.9 Å². The van der Waals surface area contributed by atoms with Crippen LogP contribution in [0.5, 0.6) is 0 Å². The number of halogens is 3. The highest BCUT2D eigenvalue weighted by molar-refractivity contribution is 6.39. The summed E-state index contributed by atoms with van der Waals surface area (Å²) in [6.45, 7) is 3.59. The third-order valence-corrected chi connectivity index (χ3v) is 3.22. The Morgan fingerprint density at radius 1 is 1.17 bits per heavy atom. The Kier molecular flexibility index (Phi) is 7.21. The Labute approximate surface area is 138 Å². The van der Waals surface area contributed by atoms with E-state index in [0.29, 0.717) is 6.42 Å². The third kappa shape index (κ3) is 7.45. The lowest BCUT2D eigenvalue weighted by atomic mass is 10.0. The maximum absolute atomic E-state index is 12.5. The SMILES string of the molecule is CC(O)CC(C)CNC(=O)C(=O)Nc1ccccc1CC(F)(F)F. The van der Waals surface area contributed by atoms with E-state index < -0.39 is 30.5 Å². The molecule has 0 radical (unpaired) electrons. The van der Waals surface area contributed by atoms with Gasteiger partial charge < -0.3 is 15.7 Å². The normalized spacial score (nSPS) is 13.9. The Balaban J connectivity index is 2.63. The smallest absolute Gasteiger partial charge is 0.393 e. The fraction of sp³-hybridized carbons (Fsp3) is 0.500. The van der Waals surface area contributed by atoms with Gasteiger partial charge in [-0.3, -0.25) is 9.59 Å². The van der Waals surface area contributed by atoms with E-state index in [-0.39, 0.29) is 23.7 Å². The molecule has 0 aliphatic carbocycles. The molecule has 1 rings (SSSR count). The number of amides is 2. The number of carbonyl (C=O) groups is 2. The van der Waals surface area contributed by atoms with Gasteiger partial charge in [0, 0.05) is 12.2 Å². The summed E-state index contributed by atoms with van der Waals surface area (Å²) in [5, 5.41) is 13.8. The van der Waals surface area contributed by atoms with Crippen LogP contribution in [0.25, 0.3) is 0 Å². The minimum Gasteiger partial charge on any atom is -0.393 e. The first-order valence-corrected chi connectivity index (χ1v) is 7.50. The summed E-state index contributed by atoms with van der Waals surface area (Å²) in [5.41, 5.74) is -0.166. The third-order valence-electron chi connectivity index (χ3n) is 3.22. The van der Waals surface area contributed by atoms with Gasteiger partial charge in [-0.15, -0.1) is 0 Å². The van der Waals surface area contributed by atoms with E-state index in [1.54, 1.807) is 13.8 Å². The van der Waals surface area contributed by atoms with E-state index in [9.17, 15) is 27.9 Å². The molecule has 0 fully saturated rings. The van der Waals surface area contributed by atoms with Gasteiger partial charge in [0.1, 0.15) is 0 Å². The van der Waals surface area contributed by atoms with Crippen molar-refractivity contribution in [3.05, 3.63) is 29.8 Å². The minimum absolute atomic E-state index is 0.0423. The summed E-state index contributed by atoms with van der Waals surface area (Å²) < 4.78 is 37.6. The van der Waals surface area contributed by atoms with Crippen LogP contribution in [0, 0.1) is 5.92 Å². The molecule has 3 N–H and O–H groups in total. The fourth-order valence-electron chi connectivity index (χ4n) is 2.20. The van der Waals surface area contributed by atoms with Crippen LogP contribution in [0.3, 0.4) is 0 Å². The van der Waals surface area contributed by atoms with Crippen LogP contribution in [-0.2, 0) is 16.0 Å². The molecular weight excluding hydrogens is 325 g/mol. The van der Waals surface area contributed by atoms with Crippen LogP contribution in [0.2, 0.25) is 0 Å². The summed E-state index contributed by atoms with van der Waals surface area (Å²) in [7, 11) is 0. The van der Waals surface area contributed by atoms with Gasteiger partial charge in [0.25, 0.3) is 0 Å². The molecule has 2 amide bonds. The lowest BCUT2D eigenvalue weighted by molar-refractivity contribution is -0.136. The zero-order valence-electron chi connectivity index (χ0n) is 13.5. The Hall–Kier alpha value is -2.09. The Morgan fingerprint density at radius 2 is 1.79 bits per heavy atom. The highest BCUT2D eigenvalue weighted by Gasteiger charge is 2.29. The second-order valence-corrected chi connectivity index (χ2v) is 5.80. The van der Waals surface area contributed by atoms with Gasteiger partial charge >= 0.3 is 18.0 Å². The number of hydrogen-bond acceptors (Lipinski definition) is 3. The van der Waals surface area contributed by atoms with Crippen LogP contribution in [0.1, 0.15) is 25.8 Å². The van der Waals surface area contributed by atoms with E-state index in [0.717, 1.165) is 0 Å². The van der Waals surface area contributed by atoms with Gasteiger partial charge in [0.2, 0.25) is 0 Å². The number of aliphatic hydroxyl groups is 1. The van der Waals surface area contributed by atoms with Crippen LogP contribution < -0.4 is 10.6 Å². The maximum atomic E-state index is 12.5. The molecule has 0 bridgehead atoms. The second-order valence-electron chi connectivity index (χ2n) is 5.80. The van der Waals surface area contributed by atoms with Gasteiger partial charge in [-0.2, -0.15) is 13.2 Å². The van der Waals surface area contributed by atoms with Crippen LogP contribution in [-0.4, -0.2) is 35.7 Å². The molecule has 0 spiro atoms. The first-order valence-electron chi connectivity index (χ1n) is 7.50. The summed E-state index contributed by atoms with van der Waals surface area (Å²) in [6.07, 6.45) is -5.69. The molecule has 1 aromatic rings. The highest BCUT2D eigenvalue weighted by atomic mass is 19.4. The van der Waals surface area contributed by atoms with Crippen LogP contribution in [0.4, 0.5) is 18.9 Å². The molecular formula is C16H21F3N2O3. The van der Waals surface area contributed by atoms with Crippen molar-refractivity contribution in [3.8, 4) is 0 Å². The highest BCUT2D eigenvalue weighted by Crippen LogP contribution is 2.25. The van der Waals surface area contributed by atoms with Gasteiger partial charge in [0.15, 0.2) is 0 Å². The van der Waals surface area contributed by atoms with Crippen molar-refractivity contribution in [2.24, 2.45) is 5.92 Å². The molecule has 24 heavy (non-hydrogen) atoms. The molecule has 8 heteroatoms. The second kappa shape index (κ2) is 8.68. The van der Waals surface area contributed by atoms with Gasteiger partial charge in [-0.1, -0.05) is 25.1 Å². The Bertz CT molecular complexity index is 574. The molecule has 0 aliphatic heterocycles. The van der Waals surface area contributed by atoms with Crippen molar-refractivity contribution in [2.75, 3.05) is 11.9 Å². The van der Waals surface area contributed by atoms with Crippen molar-refractivity contribution >= 4 is 17.5 Å². The largest absolute Gasteiger partial charge is 0.393 e. The summed E-state index contributed by atoms with van der Waals surface area (Å²) in [6, 6.07) is 5.45. The van der Waals surface area contributed by atoms with Crippen molar-refractivity contribution in [3.63, 3.8) is 0 Å². The molecule has 2 atom stereocenters. The first kappa shape index (κ1) is 20.0. The predicted octanol–water partition coefficient (Wildman–Crippen LogP) is 2.25. The molecule has 1 aromatic carbocycles. The van der Waals surface area contributed by atoms with E-state index in [1.807, 2.05) is 0 Å². The minimum atomic E-state index is -4.42. The quantitative estimate of drug-likeness (QED) is 0.692. The van der Waals surface area contributed by atoms with E-state index in [1.165, 1.54) is 24.3 Å². The van der Waals surface area contributed by atoms with Gasteiger partial charge in [-0.05, 0) is 30.9 Å². The monoisotopic (exact) mass is 346 g/mol. The van der Waals surface area contributed by atoms with E-state index in [2.05, 4.69) is 10.6 Å². The lowest BCUT2D eigenvalue weighted by Crippen LogP contribution is -2.38. The molecule has 134 valence electrons. The zero-order chi connectivity index (χ0) is 18.3. The van der Waals surface area contributed by atoms with Gasteiger partial charge in [0.05, 0.1) is 12.5 Å². The number of para-hydroxylation sites is 1. The van der Waals surface area contributed by atoms with Crippen molar-refractivity contribution in [1.82, 2.24) is 5.32 Å². The zero-order valence-corrected chi connectivity index (χ0v) is 13.5. The number of carbonyl (C=O) groups excluding carboxylic acids is 2. The molecule has 0 aromatic heterocycles. The average Bonchev–Trinajstić information content (AvgIpc) is 2.44. The number of alkyl halides is 3. The molecule has 0 heterocycles. The summed E-state index contributed by atoms with van der Waals surface area (Å²) in [4.78, 5) is 23.5. The summed E-state index contributed by atoms with van der Waals surface area (Å²) in [5.74, 6) is -2.01. The average molecular weight is 346 g/mol. The van der Waals surface area contributed by atoms with Crippen LogP contribution >= 0.6 is 0 Å². The standard InChI is InChI=1S/C16H21F3N2O3/c1-10(7-11(2)22)9-20-14(23)15(24)21-13-6-4-3-5-12(13)8-16(17,18)19/h3-6,10-11,22H,7-9H2,1-2H3,(H,20,23)(H,21,24). The van der Waals surface area contributed by atoms with E-state index in [4.69, 9.17) is 0 Å². The molecule has 0 saturated carbocycles. The Morgan fingerprint density at radius 3 is 2.38 bits per heavy atom.